The number of pyridine rings is 1. The minimum absolute atomic E-state index is 0.204. The summed E-state index contributed by atoms with van der Waals surface area (Å²) in [6.07, 6.45) is 1.34. The lowest BCUT2D eigenvalue weighted by Crippen LogP contribution is -2.22. The van der Waals surface area contributed by atoms with E-state index in [4.69, 9.17) is 5.21 Å². The van der Waals surface area contributed by atoms with Gasteiger partial charge in [0.2, 0.25) is 5.56 Å². The van der Waals surface area contributed by atoms with Crippen LogP contribution in [-0.4, -0.2) is 15.7 Å². The Labute approximate surface area is 68.2 Å². The number of hydrogen-bond acceptors (Lipinski definition) is 3. The van der Waals surface area contributed by atoms with Crippen molar-refractivity contribution in [3.8, 4) is 0 Å². The fourth-order valence-corrected chi connectivity index (χ4v) is 0.793. The minimum atomic E-state index is -0.634. The molecule has 0 aliphatic heterocycles. The van der Waals surface area contributed by atoms with Crippen LogP contribution >= 0.6 is 0 Å². The smallest absolute Gasteiger partial charge is 0.276 e. The van der Waals surface area contributed by atoms with Crippen LogP contribution in [0.1, 0.15) is 10.4 Å². The summed E-state index contributed by atoms with van der Waals surface area (Å²) < 4.78 is 1.25. The van der Waals surface area contributed by atoms with E-state index in [0.29, 0.717) is 0 Å². The molecule has 1 amide bonds. The molecule has 0 saturated carbocycles. The lowest BCUT2D eigenvalue weighted by molar-refractivity contribution is 0.0705. The van der Waals surface area contributed by atoms with Gasteiger partial charge in [-0.25, -0.2) is 5.48 Å². The molecule has 0 spiro atoms. The molecule has 1 rings (SSSR count). The SMILES string of the molecule is Cn1cc(C(=O)NO)ccc1=O. The Morgan fingerprint density at radius 2 is 2.25 bits per heavy atom. The van der Waals surface area contributed by atoms with Crippen LogP contribution in [-0.2, 0) is 7.05 Å². The quantitative estimate of drug-likeness (QED) is 0.439. The van der Waals surface area contributed by atoms with Crippen molar-refractivity contribution in [1.82, 2.24) is 10.0 Å². The normalized spacial score (nSPS) is 9.50. The van der Waals surface area contributed by atoms with Crippen molar-refractivity contribution < 1.29 is 10.0 Å². The first-order valence-corrected chi connectivity index (χ1v) is 3.26. The number of amides is 1. The molecule has 64 valence electrons. The molecule has 2 N–H and O–H groups in total. The molecule has 5 heteroatoms. The van der Waals surface area contributed by atoms with Crippen LogP contribution in [0.15, 0.2) is 23.1 Å². The van der Waals surface area contributed by atoms with Gasteiger partial charge in [-0.05, 0) is 6.07 Å². The number of carbonyl (C=O) groups is 1. The third kappa shape index (κ3) is 1.51. The van der Waals surface area contributed by atoms with E-state index in [9.17, 15) is 9.59 Å². The number of rotatable bonds is 1. The number of carbonyl (C=O) groups excluding carboxylic acids is 1. The van der Waals surface area contributed by atoms with Crippen molar-refractivity contribution in [1.29, 1.82) is 0 Å². The van der Waals surface area contributed by atoms with Crippen LogP contribution in [0.3, 0.4) is 0 Å². The molecule has 0 radical (unpaired) electrons. The van der Waals surface area contributed by atoms with Gasteiger partial charge in [0.1, 0.15) is 0 Å². The molecule has 0 fully saturated rings. The average molecular weight is 168 g/mol. The van der Waals surface area contributed by atoms with Gasteiger partial charge >= 0.3 is 0 Å². The second kappa shape index (κ2) is 3.19. The molecule has 0 saturated heterocycles. The fraction of sp³-hybridized carbons (Fsp3) is 0.143. The molecule has 5 nitrogen and oxygen atoms in total. The summed E-state index contributed by atoms with van der Waals surface area (Å²) in [6.45, 7) is 0. The van der Waals surface area contributed by atoms with E-state index in [0.717, 1.165) is 0 Å². The number of aromatic nitrogens is 1. The van der Waals surface area contributed by atoms with Gasteiger partial charge in [0.05, 0.1) is 5.56 Å². The summed E-state index contributed by atoms with van der Waals surface area (Å²) in [5.41, 5.74) is 1.51. The second-order valence-electron chi connectivity index (χ2n) is 2.31. The van der Waals surface area contributed by atoms with E-state index >= 15 is 0 Å². The molecule has 0 aliphatic rings. The molecule has 1 heterocycles. The van der Waals surface area contributed by atoms with Crippen molar-refractivity contribution in [2.75, 3.05) is 0 Å². The Balaban J connectivity index is 3.13. The van der Waals surface area contributed by atoms with E-state index in [2.05, 4.69) is 0 Å². The van der Waals surface area contributed by atoms with Crippen molar-refractivity contribution in [2.24, 2.45) is 7.05 Å². The third-order valence-corrected chi connectivity index (χ3v) is 1.45. The van der Waals surface area contributed by atoms with E-state index in [1.165, 1.54) is 35.4 Å². The van der Waals surface area contributed by atoms with Crippen LogP contribution in [0.2, 0.25) is 0 Å². The first-order chi connectivity index (χ1) is 5.65. The maximum Gasteiger partial charge on any atom is 0.276 e. The van der Waals surface area contributed by atoms with Crippen LogP contribution in [0.4, 0.5) is 0 Å². The standard InChI is InChI=1S/C7H8N2O3/c1-9-4-5(7(11)8-12)2-3-6(9)10/h2-4,12H,1H3,(H,8,11). The Morgan fingerprint density at radius 1 is 1.58 bits per heavy atom. The van der Waals surface area contributed by atoms with Gasteiger partial charge in [0, 0.05) is 19.3 Å². The van der Waals surface area contributed by atoms with Crippen LogP contribution in [0, 0.1) is 0 Å². The van der Waals surface area contributed by atoms with Gasteiger partial charge in [-0.1, -0.05) is 0 Å². The van der Waals surface area contributed by atoms with E-state index in [1.807, 2.05) is 0 Å². The molecule has 0 aromatic carbocycles. The van der Waals surface area contributed by atoms with E-state index < -0.39 is 5.91 Å². The summed E-state index contributed by atoms with van der Waals surface area (Å²) >= 11 is 0. The van der Waals surface area contributed by atoms with E-state index in [1.54, 1.807) is 0 Å². The predicted molar refractivity (Wildman–Crippen MR) is 40.9 cm³/mol. The van der Waals surface area contributed by atoms with Gasteiger partial charge in [-0.15, -0.1) is 0 Å². The monoisotopic (exact) mass is 168 g/mol. The average Bonchev–Trinajstić information content (AvgIpc) is 2.08. The molecule has 1 aromatic rings. The number of nitrogens with one attached hydrogen (secondary N) is 1. The third-order valence-electron chi connectivity index (χ3n) is 1.45. The highest BCUT2D eigenvalue weighted by molar-refractivity contribution is 5.92. The van der Waals surface area contributed by atoms with Gasteiger partial charge in [-0.2, -0.15) is 0 Å². The number of hydrogen-bond donors (Lipinski definition) is 2. The lowest BCUT2D eigenvalue weighted by Gasteiger charge is -2.00. The molecular formula is C7H8N2O3. The van der Waals surface area contributed by atoms with Crippen molar-refractivity contribution in [2.45, 2.75) is 0 Å². The maximum atomic E-state index is 10.9. The minimum Gasteiger partial charge on any atom is -0.318 e. The highest BCUT2D eigenvalue weighted by atomic mass is 16.5. The Hall–Kier alpha value is -1.62. The largest absolute Gasteiger partial charge is 0.318 e. The lowest BCUT2D eigenvalue weighted by atomic mass is 10.3. The van der Waals surface area contributed by atoms with Crippen LogP contribution in [0.25, 0.3) is 0 Å². The maximum absolute atomic E-state index is 10.9. The number of nitrogens with zero attached hydrogens (tertiary/aromatic N) is 1. The number of aryl methyl sites for hydroxylation is 1. The zero-order valence-electron chi connectivity index (χ0n) is 6.44. The Kier molecular flexibility index (Phi) is 2.25. The molecule has 0 atom stereocenters. The molecule has 0 aliphatic carbocycles. The topological polar surface area (TPSA) is 71.3 Å². The summed E-state index contributed by atoms with van der Waals surface area (Å²) in [4.78, 5) is 21.7. The summed E-state index contributed by atoms with van der Waals surface area (Å²) in [7, 11) is 1.52. The highest BCUT2D eigenvalue weighted by Crippen LogP contribution is 1.93. The molecule has 0 bridgehead atoms. The summed E-state index contributed by atoms with van der Waals surface area (Å²) in [5, 5.41) is 8.26. The zero-order valence-corrected chi connectivity index (χ0v) is 6.44. The Bertz CT molecular complexity index is 356. The zero-order chi connectivity index (χ0) is 9.14. The predicted octanol–water partition coefficient (Wildman–Crippen LogP) is -0.496. The second-order valence-corrected chi connectivity index (χ2v) is 2.31. The molecule has 1 aromatic heterocycles. The van der Waals surface area contributed by atoms with Crippen LogP contribution in [0.5, 0.6) is 0 Å². The molecule has 0 unspecified atom stereocenters. The fourth-order valence-electron chi connectivity index (χ4n) is 0.793. The first kappa shape index (κ1) is 8.48. The Morgan fingerprint density at radius 3 is 2.75 bits per heavy atom. The van der Waals surface area contributed by atoms with Gasteiger partial charge in [-0.3, -0.25) is 14.8 Å². The van der Waals surface area contributed by atoms with Gasteiger partial charge in [0.25, 0.3) is 5.91 Å². The first-order valence-electron chi connectivity index (χ1n) is 3.26. The van der Waals surface area contributed by atoms with E-state index in [-0.39, 0.29) is 11.1 Å². The highest BCUT2D eigenvalue weighted by Gasteiger charge is 2.03. The van der Waals surface area contributed by atoms with Crippen molar-refractivity contribution in [3.63, 3.8) is 0 Å². The molecular weight excluding hydrogens is 160 g/mol. The molecule has 12 heavy (non-hydrogen) atoms. The van der Waals surface area contributed by atoms with Gasteiger partial charge in [0.15, 0.2) is 0 Å². The van der Waals surface area contributed by atoms with Crippen molar-refractivity contribution >= 4 is 5.91 Å². The van der Waals surface area contributed by atoms with Crippen LogP contribution < -0.4 is 11.0 Å². The van der Waals surface area contributed by atoms with Gasteiger partial charge < -0.3 is 4.57 Å². The summed E-state index contributed by atoms with van der Waals surface area (Å²) in [6, 6.07) is 2.60. The summed E-state index contributed by atoms with van der Waals surface area (Å²) in [5.74, 6) is -0.634. The number of hydroxylamine groups is 1. The van der Waals surface area contributed by atoms with Crippen molar-refractivity contribution in [3.05, 3.63) is 34.2 Å².